The maximum absolute atomic E-state index is 14.0. The van der Waals surface area contributed by atoms with Crippen molar-refractivity contribution in [1.82, 2.24) is 4.72 Å². The topological polar surface area (TPSA) is 72.5 Å². The van der Waals surface area contributed by atoms with Crippen LogP contribution in [0.25, 0.3) is 0 Å². The van der Waals surface area contributed by atoms with Gasteiger partial charge in [-0.1, -0.05) is 19.1 Å². The number of methoxy groups -OCH3 is 1. The molecule has 0 fully saturated rings. The molecule has 0 amide bonds. The van der Waals surface area contributed by atoms with Gasteiger partial charge in [0.05, 0.1) is 12.0 Å². The van der Waals surface area contributed by atoms with Crippen molar-refractivity contribution in [2.45, 2.75) is 24.3 Å². The molecule has 134 valence electrons. The van der Waals surface area contributed by atoms with E-state index < -0.39 is 39.2 Å². The van der Waals surface area contributed by atoms with Crippen LogP contribution in [0.5, 0.6) is 0 Å². The van der Waals surface area contributed by atoms with Crippen molar-refractivity contribution < 1.29 is 26.7 Å². The summed E-state index contributed by atoms with van der Waals surface area (Å²) in [5.41, 5.74) is 0.472. The molecule has 2 aromatic carbocycles. The van der Waals surface area contributed by atoms with Gasteiger partial charge in [-0.2, -0.15) is 4.72 Å². The predicted molar refractivity (Wildman–Crippen MR) is 87.3 cm³/mol. The fourth-order valence-corrected chi connectivity index (χ4v) is 3.38. The first-order chi connectivity index (χ1) is 11.8. The van der Waals surface area contributed by atoms with E-state index in [-0.39, 0.29) is 4.90 Å². The van der Waals surface area contributed by atoms with Gasteiger partial charge in [0.2, 0.25) is 10.0 Å². The second-order valence-electron chi connectivity index (χ2n) is 5.24. The number of aryl methyl sites for hydroxylation is 1. The summed E-state index contributed by atoms with van der Waals surface area (Å²) in [6, 6.07) is 6.72. The fraction of sp³-hybridized carbons (Fsp3) is 0.235. The Morgan fingerprint density at radius 2 is 1.80 bits per heavy atom. The van der Waals surface area contributed by atoms with E-state index in [4.69, 9.17) is 0 Å². The second-order valence-corrected chi connectivity index (χ2v) is 6.95. The van der Waals surface area contributed by atoms with Crippen LogP contribution in [0.1, 0.15) is 24.1 Å². The van der Waals surface area contributed by atoms with Gasteiger partial charge in [0.25, 0.3) is 0 Å². The van der Waals surface area contributed by atoms with Crippen LogP contribution in [-0.2, 0) is 26.0 Å². The molecule has 0 saturated heterocycles. The summed E-state index contributed by atoms with van der Waals surface area (Å²) in [4.78, 5) is 11.8. The first-order valence-electron chi connectivity index (χ1n) is 7.42. The van der Waals surface area contributed by atoms with Crippen molar-refractivity contribution in [3.8, 4) is 0 Å². The Labute approximate surface area is 144 Å². The number of benzene rings is 2. The lowest BCUT2D eigenvalue weighted by atomic mass is 10.1. The largest absolute Gasteiger partial charge is 0.468 e. The summed E-state index contributed by atoms with van der Waals surface area (Å²) >= 11 is 0. The molecule has 0 aliphatic heterocycles. The number of ether oxygens (including phenoxy) is 1. The molecule has 0 aromatic heterocycles. The monoisotopic (exact) mass is 369 g/mol. The molecule has 0 aliphatic rings. The number of hydrogen-bond donors (Lipinski definition) is 1. The molecule has 25 heavy (non-hydrogen) atoms. The van der Waals surface area contributed by atoms with Crippen molar-refractivity contribution in [1.29, 1.82) is 0 Å². The highest BCUT2D eigenvalue weighted by molar-refractivity contribution is 7.89. The van der Waals surface area contributed by atoms with Crippen molar-refractivity contribution in [3.05, 3.63) is 65.2 Å². The number of carbonyl (C=O) groups excluding carboxylic acids is 1. The van der Waals surface area contributed by atoms with Gasteiger partial charge in [-0.25, -0.2) is 22.0 Å². The Bertz CT molecular complexity index is 867. The molecule has 0 heterocycles. The van der Waals surface area contributed by atoms with Gasteiger partial charge in [0, 0.05) is 5.56 Å². The smallest absolute Gasteiger partial charge is 0.328 e. The SMILES string of the molecule is CCc1ccc(S(=O)(=O)NC(C(=O)OC)c2cc(F)ccc2F)cc1. The first kappa shape index (κ1) is 19.0. The van der Waals surface area contributed by atoms with Crippen LogP contribution in [0.4, 0.5) is 8.78 Å². The maximum Gasteiger partial charge on any atom is 0.328 e. The van der Waals surface area contributed by atoms with Gasteiger partial charge in [0.15, 0.2) is 0 Å². The molecule has 0 radical (unpaired) electrons. The molecular weight excluding hydrogens is 352 g/mol. The molecule has 0 aliphatic carbocycles. The average molecular weight is 369 g/mol. The third kappa shape index (κ3) is 4.40. The van der Waals surface area contributed by atoms with Crippen LogP contribution < -0.4 is 4.72 Å². The van der Waals surface area contributed by atoms with Gasteiger partial charge in [-0.05, 0) is 42.3 Å². The van der Waals surface area contributed by atoms with Crippen LogP contribution in [0.15, 0.2) is 47.4 Å². The van der Waals surface area contributed by atoms with E-state index in [1.807, 2.05) is 6.92 Å². The molecule has 0 bridgehead atoms. The zero-order valence-corrected chi connectivity index (χ0v) is 14.4. The standard InChI is InChI=1S/C17H17F2NO4S/c1-3-11-4-7-13(8-5-11)25(22,23)20-16(17(21)24-2)14-10-12(18)6-9-15(14)19/h4-10,16,20H,3H2,1-2H3. The fourth-order valence-electron chi connectivity index (χ4n) is 2.22. The number of nitrogens with one attached hydrogen (secondary N) is 1. The number of esters is 1. The third-order valence-electron chi connectivity index (χ3n) is 3.62. The predicted octanol–water partition coefficient (Wildman–Crippen LogP) is 2.72. The van der Waals surface area contributed by atoms with Crippen LogP contribution in [-0.4, -0.2) is 21.5 Å². The van der Waals surface area contributed by atoms with E-state index in [9.17, 15) is 22.0 Å². The molecule has 1 atom stereocenters. The van der Waals surface area contributed by atoms with E-state index in [0.717, 1.165) is 37.3 Å². The van der Waals surface area contributed by atoms with Crippen LogP contribution in [0.2, 0.25) is 0 Å². The summed E-state index contributed by atoms with van der Waals surface area (Å²) in [7, 11) is -3.13. The van der Waals surface area contributed by atoms with E-state index in [1.165, 1.54) is 12.1 Å². The van der Waals surface area contributed by atoms with Gasteiger partial charge in [-0.15, -0.1) is 0 Å². The Hall–Kier alpha value is -2.32. The van der Waals surface area contributed by atoms with Gasteiger partial charge in [-0.3, -0.25) is 0 Å². The van der Waals surface area contributed by atoms with Gasteiger partial charge < -0.3 is 4.74 Å². The van der Waals surface area contributed by atoms with E-state index in [0.29, 0.717) is 0 Å². The van der Waals surface area contributed by atoms with E-state index in [2.05, 4.69) is 9.46 Å². The highest BCUT2D eigenvalue weighted by atomic mass is 32.2. The average Bonchev–Trinajstić information content (AvgIpc) is 2.61. The highest BCUT2D eigenvalue weighted by Crippen LogP contribution is 2.22. The second kappa shape index (κ2) is 7.71. The Morgan fingerprint density at radius 1 is 1.16 bits per heavy atom. The van der Waals surface area contributed by atoms with Crippen LogP contribution >= 0.6 is 0 Å². The molecule has 0 saturated carbocycles. The Balaban J connectivity index is 2.42. The summed E-state index contributed by atoms with van der Waals surface area (Å²) < 4.78 is 59.0. The van der Waals surface area contributed by atoms with E-state index >= 15 is 0 Å². The minimum atomic E-state index is -4.16. The lowest BCUT2D eigenvalue weighted by molar-refractivity contribution is -0.142. The number of rotatable bonds is 6. The molecular formula is C17H17F2NO4S. The van der Waals surface area contributed by atoms with Crippen molar-refractivity contribution in [2.75, 3.05) is 7.11 Å². The number of sulfonamides is 1. The zero-order valence-electron chi connectivity index (χ0n) is 13.6. The van der Waals surface area contributed by atoms with Gasteiger partial charge in [0.1, 0.15) is 17.7 Å². The number of halogens is 2. The molecule has 0 spiro atoms. The summed E-state index contributed by atoms with van der Waals surface area (Å²) in [6.45, 7) is 1.92. The number of hydrogen-bond acceptors (Lipinski definition) is 4. The summed E-state index contributed by atoms with van der Waals surface area (Å²) in [5, 5.41) is 0. The van der Waals surface area contributed by atoms with Crippen molar-refractivity contribution >= 4 is 16.0 Å². The van der Waals surface area contributed by atoms with E-state index in [1.54, 1.807) is 12.1 Å². The van der Waals surface area contributed by atoms with Crippen LogP contribution in [0, 0.1) is 11.6 Å². The Morgan fingerprint density at radius 3 is 2.36 bits per heavy atom. The molecule has 2 rings (SSSR count). The van der Waals surface area contributed by atoms with Crippen molar-refractivity contribution in [3.63, 3.8) is 0 Å². The van der Waals surface area contributed by atoms with Crippen molar-refractivity contribution in [2.24, 2.45) is 0 Å². The number of carbonyl (C=O) groups is 1. The maximum atomic E-state index is 14.0. The summed E-state index contributed by atoms with van der Waals surface area (Å²) in [5.74, 6) is -2.80. The quantitative estimate of drug-likeness (QED) is 0.795. The minimum Gasteiger partial charge on any atom is -0.468 e. The normalized spacial score (nSPS) is 12.6. The molecule has 1 unspecified atom stereocenters. The molecule has 2 aromatic rings. The first-order valence-corrected chi connectivity index (χ1v) is 8.91. The minimum absolute atomic E-state index is 0.101. The lowest BCUT2D eigenvalue weighted by Crippen LogP contribution is -2.35. The molecule has 5 nitrogen and oxygen atoms in total. The molecule has 1 N–H and O–H groups in total. The lowest BCUT2D eigenvalue weighted by Gasteiger charge is -2.18. The Kier molecular flexibility index (Phi) is 5.86. The third-order valence-corrected chi connectivity index (χ3v) is 5.06. The highest BCUT2D eigenvalue weighted by Gasteiger charge is 2.30. The van der Waals surface area contributed by atoms with Gasteiger partial charge >= 0.3 is 5.97 Å². The van der Waals surface area contributed by atoms with Crippen LogP contribution in [0.3, 0.4) is 0 Å². The molecule has 8 heteroatoms. The zero-order chi connectivity index (χ0) is 18.6. The summed E-state index contributed by atoms with van der Waals surface area (Å²) in [6.07, 6.45) is 0.729.